The van der Waals surface area contributed by atoms with Crippen molar-refractivity contribution in [3.05, 3.63) is 84.4 Å². The highest BCUT2D eigenvalue weighted by molar-refractivity contribution is 5.77. The Labute approximate surface area is 159 Å². The number of imidazole rings is 1. The molecule has 1 amide bonds. The van der Waals surface area contributed by atoms with Crippen LogP contribution in [-0.2, 0) is 17.9 Å². The zero-order chi connectivity index (χ0) is 18.5. The van der Waals surface area contributed by atoms with Crippen LogP contribution in [-0.4, -0.2) is 32.9 Å². The second-order valence-corrected chi connectivity index (χ2v) is 6.98. The van der Waals surface area contributed by atoms with E-state index in [0.717, 1.165) is 25.2 Å². The van der Waals surface area contributed by atoms with Crippen molar-refractivity contribution in [3.63, 3.8) is 0 Å². The van der Waals surface area contributed by atoms with E-state index < -0.39 is 0 Å². The van der Waals surface area contributed by atoms with Crippen molar-refractivity contribution in [1.29, 1.82) is 0 Å². The van der Waals surface area contributed by atoms with Gasteiger partial charge in [0, 0.05) is 44.5 Å². The fraction of sp³-hybridized carbons (Fsp3) is 0.273. The molecule has 27 heavy (non-hydrogen) atoms. The van der Waals surface area contributed by atoms with Gasteiger partial charge in [0.1, 0.15) is 0 Å². The molecule has 3 aromatic rings. The van der Waals surface area contributed by atoms with Gasteiger partial charge >= 0.3 is 0 Å². The van der Waals surface area contributed by atoms with Gasteiger partial charge in [0.05, 0.1) is 12.0 Å². The Morgan fingerprint density at radius 1 is 1.07 bits per heavy atom. The molecule has 5 heteroatoms. The Kier molecular flexibility index (Phi) is 5.30. The highest BCUT2D eigenvalue weighted by Gasteiger charge is 2.25. The van der Waals surface area contributed by atoms with Gasteiger partial charge in [-0.25, -0.2) is 4.98 Å². The van der Waals surface area contributed by atoms with Crippen molar-refractivity contribution in [2.45, 2.75) is 32.0 Å². The molecule has 0 saturated carbocycles. The summed E-state index contributed by atoms with van der Waals surface area (Å²) in [5.41, 5.74) is 3.54. The molecule has 1 aromatic heterocycles. The van der Waals surface area contributed by atoms with Crippen molar-refractivity contribution in [1.82, 2.24) is 19.8 Å². The molecule has 0 aliphatic carbocycles. The molecule has 1 N–H and O–H groups in total. The summed E-state index contributed by atoms with van der Waals surface area (Å²) in [7, 11) is 0. The maximum atomic E-state index is 12.3. The first-order valence-electron chi connectivity index (χ1n) is 9.41. The summed E-state index contributed by atoms with van der Waals surface area (Å²) in [4.78, 5) is 18.4. The standard InChI is InChI=1S/C22H24N4O/c27-22-11-10-20(16-26(22)15-18-6-2-1-3-7-18)24-14-19-8-4-5-9-21(19)25-13-12-23-17-25/h1-9,12-13,17,20,24H,10-11,14-16H2. The normalized spacial score (nSPS) is 17.3. The smallest absolute Gasteiger partial charge is 0.222 e. The Morgan fingerprint density at radius 2 is 1.89 bits per heavy atom. The van der Waals surface area contributed by atoms with Gasteiger partial charge in [0.15, 0.2) is 0 Å². The number of hydrogen-bond donors (Lipinski definition) is 1. The number of rotatable bonds is 6. The third-order valence-corrected chi connectivity index (χ3v) is 5.07. The summed E-state index contributed by atoms with van der Waals surface area (Å²) in [5, 5.41) is 3.65. The van der Waals surface area contributed by atoms with E-state index in [-0.39, 0.29) is 5.91 Å². The quantitative estimate of drug-likeness (QED) is 0.735. The molecule has 4 rings (SSSR count). The zero-order valence-corrected chi connectivity index (χ0v) is 15.3. The first-order valence-corrected chi connectivity index (χ1v) is 9.41. The number of likely N-dealkylation sites (tertiary alicyclic amines) is 1. The van der Waals surface area contributed by atoms with Crippen molar-refractivity contribution in [3.8, 4) is 5.69 Å². The minimum atomic E-state index is 0.246. The third-order valence-electron chi connectivity index (χ3n) is 5.07. The molecule has 5 nitrogen and oxygen atoms in total. The lowest BCUT2D eigenvalue weighted by Gasteiger charge is -2.33. The maximum Gasteiger partial charge on any atom is 0.222 e. The molecule has 1 aliphatic heterocycles. The van der Waals surface area contributed by atoms with E-state index in [2.05, 4.69) is 40.6 Å². The van der Waals surface area contributed by atoms with Gasteiger partial charge in [-0.3, -0.25) is 4.79 Å². The summed E-state index contributed by atoms with van der Waals surface area (Å²) in [6, 6.07) is 18.8. The molecular formula is C22H24N4O. The molecule has 138 valence electrons. The number of nitrogens with zero attached hydrogens (tertiary/aromatic N) is 3. The summed E-state index contributed by atoms with van der Waals surface area (Å²) in [6.07, 6.45) is 7.06. The van der Waals surface area contributed by atoms with E-state index in [9.17, 15) is 4.79 Å². The average molecular weight is 360 g/mol. The van der Waals surface area contributed by atoms with Crippen LogP contribution in [0.2, 0.25) is 0 Å². The number of amides is 1. The third kappa shape index (κ3) is 4.26. The van der Waals surface area contributed by atoms with Crippen LogP contribution < -0.4 is 5.32 Å². The van der Waals surface area contributed by atoms with Crippen LogP contribution in [0.25, 0.3) is 5.69 Å². The lowest BCUT2D eigenvalue weighted by atomic mass is 10.0. The molecule has 2 heterocycles. The van der Waals surface area contributed by atoms with Crippen molar-refractivity contribution >= 4 is 5.91 Å². The minimum Gasteiger partial charge on any atom is -0.337 e. The Morgan fingerprint density at radius 3 is 2.70 bits per heavy atom. The van der Waals surface area contributed by atoms with Crippen LogP contribution in [0.3, 0.4) is 0 Å². The number of benzene rings is 2. The number of piperidine rings is 1. The van der Waals surface area contributed by atoms with Gasteiger partial charge in [-0.2, -0.15) is 0 Å². The lowest BCUT2D eigenvalue weighted by molar-refractivity contribution is -0.134. The minimum absolute atomic E-state index is 0.246. The van der Waals surface area contributed by atoms with Crippen molar-refractivity contribution in [2.75, 3.05) is 6.54 Å². The molecule has 2 aromatic carbocycles. The molecule has 1 aliphatic rings. The molecule has 1 saturated heterocycles. The number of carbonyl (C=O) groups excluding carboxylic acids is 1. The largest absolute Gasteiger partial charge is 0.337 e. The second-order valence-electron chi connectivity index (χ2n) is 6.98. The summed E-state index contributed by atoms with van der Waals surface area (Å²) >= 11 is 0. The number of para-hydroxylation sites is 1. The summed E-state index contributed by atoms with van der Waals surface area (Å²) in [6.45, 7) is 2.21. The summed E-state index contributed by atoms with van der Waals surface area (Å²) < 4.78 is 2.03. The first kappa shape index (κ1) is 17.5. The highest BCUT2D eigenvalue weighted by Crippen LogP contribution is 2.18. The fourth-order valence-electron chi connectivity index (χ4n) is 3.61. The molecule has 0 spiro atoms. The van der Waals surface area contributed by atoms with E-state index in [1.54, 1.807) is 6.20 Å². The van der Waals surface area contributed by atoms with Crippen LogP contribution in [0.5, 0.6) is 0 Å². The molecule has 1 unspecified atom stereocenters. The summed E-state index contributed by atoms with van der Waals surface area (Å²) in [5.74, 6) is 0.246. The van der Waals surface area contributed by atoms with Gasteiger partial charge in [-0.15, -0.1) is 0 Å². The predicted molar refractivity (Wildman–Crippen MR) is 105 cm³/mol. The lowest BCUT2D eigenvalue weighted by Crippen LogP contribution is -2.47. The van der Waals surface area contributed by atoms with Gasteiger partial charge in [0.25, 0.3) is 0 Å². The Balaban J connectivity index is 1.40. The SMILES string of the molecule is O=C1CCC(NCc2ccccc2-n2ccnc2)CN1Cc1ccccc1. The number of nitrogens with one attached hydrogen (secondary N) is 1. The Hall–Kier alpha value is -2.92. The van der Waals surface area contributed by atoms with Crippen LogP contribution in [0.4, 0.5) is 0 Å². The van der Waals surface area contributed by atoms with Gasteiger partial charge in [0.2, 0.25) is 5.91 Å². The molecule has 1 atom stereocenters. The number of carbonyl (C=O) groups is 1. The topological polar surface area (TPSA) is 50.2 Å². The number of aromatic nitrogens is 2. The maximum absolute atomic E-state index is 12.3. The van der Waals surface area contributed by atoms with E-state index in [0.29, 0.717) is 19.0 Å². The first-order chi connectivity index (χ1) is 13.3. The molecule has 1 fully saturated rings. The zero-order valence-electron chi connectivity index (χ0n) is 15.3. The van der Waals surface area contributed by atoms with E-state index in [4.69, 9.17) is 0 Å². The monoisotopic (exact) mass is 360 g/mol. The van der Waals surface area contributed by atoms with E-state index in [1.807, 2.05) is 46.3 Å². The van der Waals surface area contributed by atoms with E-state index in [1.165, 1.54) is 11.1 Å². The van der Waals surface area contributed by atoms with E-state index >= 15 is 0 Å². The number of hydrogen-bond acceptors (Lipinski definition) is 3. The average Bonchev–Trinajstić information content (AvgIpc) is 3.24. The Bertz CT molecular complexity index is 876. The molecule has 0 radical (unpaired) electrons. The molecular weight excluding hydrogens is 336 g/mol. The van der Waals surface area contributed by atoms with Crippen LogP contribution in [0.15, 0.2) is 73.3 Å². The highest BCUT2D eigenvalue weighted by atomic mass is 16.2. The van der Waals surface area contributed by atoms with Crippen LogP contribution in [0.1, 0.15) is 24.0 Å². The fourth-order valence-corrected chi connectivity index (χ4v) is 3.61. The van der Waals surface area contributed by atoms with Gasteiger partial charge in [-0.05, 0) is 23.6 Å². The van der Waals surface area contributed by atoms with Crippen molar-refractivity contribution in [2.24, 2.45) is 0 Å². The van der Waals surface area contributed by atoms with Crippen LogP contribution in [0, 0.1) is 0 Å². The van der Waals surface area contributed by atoms with Gasteiger partial charge in [-0.1, -0.05) is 48.5 Å². The molecule has 0 bridgehead atoms. The predicted octanol–water partition coefficient (Wildman–Crippen LogP) is 3.15. The van der Waals surface area contributed by atoms with Crippen LogP contribution >= 0.6 is 0 Å². The second kappa shape index (κ2) is 8.18. The van der Waals surface area contributed by atoms with Crippen molar-refractivity contribution < 1.29 is 4.79 Å². The van der Waals surface area contributed by atoms with Gasteiger partial charge < -0.3 is 14.8 Å².